The fourth-order valence-electron chi connectivity index (χ4n) is 2.52. The zero-order valence-electron chi connectivity index (χ0n) is 15.4. The van der Waals surface area contributed by atoms with E-state index in [1.165, 1.54) is 0 Å². The molecule has 0 unspecified atom stereocenters. The molecule has 0 aliphatic rings. The molecule has 5 heteroatoms. The van der Waals surface area contributed by atoms with Crippen molar-refractivity contribution in [3.8, 4) is 11.1 Å². The van der Waals surface area contributed by atoms with Gasteiger partial charge in [-0.1, -0.05) is 54.6 Å². The van der Waals surface area contributed by atoms with Gasteiger partial charge in [0, 0.05) is 6.54 Å². The number of hydrogen-bond donors (Lipinski definition) is 2. The molecule has 5 nitrogen and oxygen atoms in total. The van der Waals surface area contributed by atoms with Crippen LogP contribution < -0.4 is 5.32 Å². The Morgan fingerprint density at radius 2 is 1.58 bits per heavy atom. The van der Waals surface area contributed by atoms with Crippen LogP contribution in [0.15, 0.2) is 54.6 Å². The second-order valence-electron chi connectivity index (χ2n) is 7.19. The van der Waals surface area contributed by atoms with Gasteiger partial charge in [0.05, 0.1) is 5.92 Å². The summed E-state index contributed by atoms with van der Waals surface area (Å²) in [7, 11) is 0. The third-order valence-electron chi connectivity index (χ3n) is 3.78. The van der Waals surface area contributed by atoms with Crippen LogP contribution in [0.25, 0.3) is 11.1 Å². The number of nitrogens with one attached hydrogen (secondary N) is 1. The summed E-state index contributed by atoms with van der Waals surface area (Å²) in [6, 6.07) is 17.8. The van der Waals surface area contributed by atoms with Gasteiger partial charge in [-0.3, -0.25) is 4.79 Å². The van der Waals surface area contributed by atoms with Crippen LogP contribution in [0, 0.1) is 5.92 Å². The first-order chi connectivity index (χ1) is 12.2. The van der Waals surface area contributed by atoms with Crippen molar-refractivity contribution in [2.45, 2.75) is 32.8 Å². The molecule has 2 rings (SSSR count). The minimum Gasteiger partial charge on any atom is -0.481 e. The maximum atomic E-state index is 11.7. The highest BCUT2D eigenvalue weighted by molar-refractivity contribution is 5.73. The molecular formula is C21H25NO4. The van der Waals surface area contributed by atoms with E-state index in [1.807, 2.05) is 54.6 Å². The molecule has 138 valence electrons. The zero-order chi connectivity index (χ0) is 19.2. The van der Waals surface area contributed by atoms with Crippen LogP contribution in [0.2, 0.25) is 0 Å². The number of carboxylic acids is 1. The lowest BCUT2D eigenvalue weighted by atomic mass is 9.97. The van der Waals surface area contributed by atoms with Crippen molar-refractivity contribution < 1.29 is 19.4 Å². The van der Waals surface area contributed by atoms with Gasteiger partial charge in [0.15, 0.2) is 0 Å². The Labute approximate surface area is 154 Å². The maximum Gasteiger partial charge on any atom is 0.407 e. The molecule has 0 radical (unpaired) electrons. The van der Waals surface area contributed by atoms with Crippen LogP contribution >= 0.6 is 0 Å². The number of aliphatic carboxylic acids is 1. The van der Waals surface area contributed by atoms with Crippen LogP contribution in [-0.2, 0) is 16.0 Å². The first kappa shape index (κ1) is 19.5. The molecule has 0 saturated heterocycles. The Bertz CT molecular complexity index is 733. The predicted octanol–water partition coefficient (Wildman–Crippen LogP) is 4.12. The molecular weight excluding hydrogens is 330 g/mol. The summed E-state index contributed by atoms with van der Waals surface area (Å²) in [6.45, 7) is 5.30. The summed E-state index contributed by atoms with van der Waals surface area (Å²) in [6.07, 6.45) is -0.275. The van der Waals surface area contributed by atoms with Gasteiger partial charge in [-0.15, -0.1) is 0 Å². The highest BCUT2D eigenvalue weighted by atomic mass is 16.6. The average molecular weight is 355 g/mol. The van der Waals surface area contributed by atoms with E-state index in [9.17, 15) is 14.7 Å². The summed E-state index contributed by atoms with van der Waals surface area (Å²) >= 11 is 0. The Morgan fingerprint density at radius 1 is 1.00 bits per heavy atom. The molecule has 1 amide bonds. The fourth-order valence-corrected chi connectivity index (χ4v) is 2.52. The molecule has 2 N–H and O–H groups in total. The van der Waals surface area contributed by atoms with Crippen LogP contribution in [0.4, 0.5) is 4.79 Å². The third kappa shape index (κ3) is 6.24. The van der Waals surface area contributed by atoms with Crippen molar-refractivity contribution >= 4 is 12.1 Å². The Morgan fingerprint density at radius 3 is 2.12 bits per heavy atom. The summed E-state index contributed by atoms with van der Waals surface area (Å²) in [4.78, 5) is 23.2. The number of ether oxygens (including phenoxy) is 1. The largest absolute Gasteiger partial charge is 0.481 e. The van der Waals surface area contributed by atoms with Gasteiger partial charge in [0.1, 0.15) is 5.60 Å². The number of hydrogen-bond acceptors (Lipinski definition) is 3. The molecule has 1 atom stereocenters. The number of alkyl carbamates (subject to hydrolysis) is 1. The lowest BCUT2D eigenvalue weighted by Crippen LogP contribution is -2.37. The van der Waals surface area contributed by atoms with E-state index in [0.717, 1.165) is 16.7 Å². The first-order valence-electron chi connectivity index (χ1n) is 8.58. The van der Waals surface area contributed by atoms with Crippen LogP contribution in [0.5, 0.6) is 0 Å². The minimum absolute atomic E-state index is 0.0185. The summed E-state index contributed by atoms with van der Waals surface area (Å²) in [5.41, 5.74) is 2.48. The van der Waals surface area contributed by atoms with E-state index in [4.69, 9.17) is 4.74 Å². The number of carbonyl (C=O) groups is 2. The van der Waals surface area contributed by atoms with Crippen LogP contribution in [0.3, 0.4) is 0 Å². The molecule has 0 aliphatic carbocycles. The molecule has 26 heavy (non-hydrogen) atoms. The number of carboxylic acid groups (broad SMARTS) is 1. The standard InChI is InChI=1S/C21H25NO4/c1-21(2,3)26-20(25)22-14-18(19(23)24)13-15-9-11-17(12-10-15)16-7-5-4-6-8-16/h4-12,18H,13-14H2,1-3H3,(H,22,25)(H,23,24)/t18-/m1/s1. The third-order valence-corrected chi connectivity index (χ3v) is 3.78. The van der Waals surface area contributed by atoms with Crippen LogP contribution in [-0.4, -0.2) is 29.3 Å². The monoisotopic (exact) mass is 355 g/mol. The SMILES string of the molecule is CC(C)(C)OC(=O)NC[C@@H](Cc1ccc(-c2ccccc2)cc1)C(=O)O. The van der Waals surface area contributed by atoms with Gasteiger partial charge in [-0.2, -0.15) is 0 Å². The molecule has 0 fully saturated rings. The van der Waals surface area contributed by atoms with Gasteiger partial charge in [0.2, 0.25) is 0 Å². The highest BCUT2D eigenvalue weighted by Gasteiger charge is 2.21. The topological polar surface area (TPSA) is 75.6 Å². The fraction of sp³-hybridized carbons (Fsp3) is 0.333. The Hall–Kier alpha value is -2.82. The van der Waals surface area contributed by atoms with E-state index in [-0.39, 0.29) is 6.54 Å². The first-order valence-corrected chi connectivity index (χ1v) is 8.58. The quantitative estimate of drug-likeness (QED) is 0.817. The summed E-state index contributed by atoms with van der Waals surface area (Å²) in [5, 5.41) is 12.0. The lowest BCUT2D eigenvalue weighted by molar-refractivity contribution is -0.141. The second-order valence-corrected chi connectivity index (χ2v) is 7.19. The molecule has 2 aromatic rings. The van der Waals surface area contributed by atoms with Crippen molar-refractivity contribution in [2.75, 3.05) is 6.54 Å². The molecule has 0 heterocycles. The lowest BCUT2D eigenvalue weighted by Gasteiger charge is -2.21. The van der Waals surface area contributed by atoms with E-state index < -0.39 is 23.6 Å². The van der Waals surface area contributed by atoms with Crippen LogP contribution in [0.1, 0.15) is 26.3 Å². The van der Waals surface area contributed by atoms with E-state index in [0.29, 0.717) is 6.42 Å². The minimum atomic E-state index is -0.951. The van der Waals surface area contributed by atoms with Gasteiger partial charge in [0.25, 0.3) is 0 Å². The molecule has 0 aliphatic heterocycles. The number of amides is 1. The van der Waals surface area contributed by atoms with Crippen molar-refractivity contribution in [3.05, 3.63) is 60.2 Å². The zero-order valence-corrected chi connectivity index (χ0v) is 15.4. The summed E-state index contributed by atoms with van der Waals surface area (Å²) < 4.78 is 5.14. The predicted molar refractivity (Wildman–Crippen MR) is 101 cm³/mol. The van der Waals surface area contributed by atoms with E-state index >= 15 is 0 Å². The average Bonchev–Trinajstić information content (AvgIpc) is 2.58. The number of carbonyl (C=O) groups excluding carboxylic acids is 1. The molecule has 0 saturated carbocycles. The van der Waals surface area contributed by atoms with Crippen molar-refractivity contribution in [1.82, 2.24) is 5.32 Å². The van der Waals surface area contributed by atoms with Gasteiger partial charge in [-0.25, -0.2) is 4.79 Å². The van der Waals surface area contributed by atoms with Gasteiger partial charge >= 0.3 is 12.1 Å². The normalized spacial score (nSPS) is 12.3. The molecule has 0 spiro atoms. The second kappa shape index (κ2) is 8.52. The number of rotatable bonds is 6. The van der Waals surface area contributed by atoms with Crippen molar-refractivity contribution in [1.29, 1.82) is 0 Å². The molecule has 0 bridgehead atoms. The molecule has 0 aromatic heterocycles. The Kier molecular flexibility index (Phi) is 6.39. The Balaban J connectivity index is 1.97. The van der Waals surface area contributed by atoms with Crippen molar-refractivity contribution in [2.24, 2.45) is 5.92 Å². The number of benzene rings is 2. The summed E-state index contributed by atoms with van der Waals surface area (Å²) in [5.74, 6) is -1.67. The smallest absolute Gasteiger partial charge is 0.407 e. The highest BCUT2D eigenvalue weighted by Crippen LogP contribution is 2.20. The van der Waals surface area contributed by atoms with E-state index in [1.54, 1.807) is 20.8 Å². The molecule has 2 aromatic carbocycles. The van der Waals surface area contributed by atoms with Gasteiger partial charge < -0.3 is 15.2 Å². The van der Waals surface area contributed by atoms with E-state index in [2.05, 4.69) is 5.32 Å². The van der Waals surface area contributed by atoms with Gasteiger partial charge in [-0.05, 0) is 43.9 Å². The maximum absolute atomic E-state index is 11.7. The van der Waals surface area contributed by atoms with Crippen molar-refractivity contribution in [3.63, 3.8) is 0 Å².